The zero-order valence-corrected chi connectivity index (χ0v) is 10.7. The van der Waals surface area contributed by atoms with Crippen molar-refractivity contribution in [3.8, 4) is 5.75 Å². The van der Waals surface area contributed by atoms with Crippen LogP contribution in [0, 0.1) is 0 Å². The lowest BCUT2D eigenvalue weighted by Crippen LogP contribution is -2.29. The van der Waals surface area contributed by atoms with E-state index < -0.39 is 0 Å². The van der Waals surface area contributed by atoms with Crippen LogP contribution in [0.5, 0.6) is 5.75 Å². The first-order valence-corrected chi connectivity index (χ1v) is 6.33. The summed E-state index contributed by atoms with van der Waals surface area (Å²) >= 11 is 0. The quantitative estimate of drug-likeness (QED) is 0.805. The van der Waals surface area contributed by atoms with Crippen LogP contribution in [0.15, 0.2) is 60.7 Å². The standard InChI is InChI=1S/C16H17NO2/c18-16(13-14-7-3-1-4-8-14)17-11-12-19-15-9-5-2-6-10-15/h1-10H,11-13H2,(H,17,18). The third kappa shape index (κ3) is 4.84. The molecule has 98 valence electrons. The van der Waals surface area contributed by atoms with Gasteiger partial charge in [-0.2, -0.15) is 0 Å². The second-order valence-electron chi connectivity index (χ2n) is 4.17. The second-order valence-corrected chi connectivity index (χ2v) is 4.17. The van der Waals surface area contributed by atoms with Crippen LogP contribution in [0.4, 0.5) is 0 Å². The average molecular weight is 255 g/mol. The van der Waals surface area contributed by atoms with E-state index in [1.807, 2.05) is 60.7 Å². The van der Waals surface area contributed by atoms with Gasteiger partial charge in [0.25, 0.3) is 0 Å². The van der Waals surface area contributed by atoms with Gasteiger partial charge in [-0.15, -0.1) is 0 Å². The summed E-state index contributed by atoms with van der Waals surface area (Å²) in [7, 11) is 0. The number of benzene rings is 2. The fourth-order valence-electron chi connectivity index (χ4n) is 1.72. The number of hydrogen-bond acceptors (Lipinski definition) is 2. The van der Waals surface area contributed by atoms with Crippen molar-refractivity contribution in [3.63, 3.8) is 0 Å². The van der Waals surface area contributed by atoms with Crippen LogP contribution in [-0.2, 0) is 11.2 Å². The third-order valence-electron chi connectivity index (χ3n) is 2.64. The maximum Gasteiger partial charge on any atom is 0.224 e. The van der Waals surface area contributed by atoms with E-state index in [2.05, 4.69) is 5.32 Å². The molecule has 0 fully saturated rings. The van der Waals surface area contributed by atoms with E-state index in [-0.39, 0.29) is 5.91 Å². The van der Waals surface area contributed by atoms with Crippen molar-refractivity contribution in [1.82, 2.24) is 5.32 Å². The minimum Gasteiger partial charge on any atom is -0.492 e. The van der Waals surface area contributed by atoms with Gasteiger partial charge in [0.15, 0.2) is 0 Å². The summed E-state index contributed by atoms with van der Waals surface area (Å²) in [4.78, 5) is 11.7. The van der Waals surface area contributed by atoms with Crippen LogP contribution in [0.2, 0.25) is 0 Å². The second kappa shape index (κ2) is 7.21. The van der Waals surface area contributed by atoms with Gasteiger partial charge < -0.3 is 10.1 Å². The summed E-state index contributed by atoms with van der Waals surface area (Å²) in [5, 5.41) is 2.84. The summed E-state index contributed by atoms with van der Waals surface area (Å²) in [6.45, 7) is 0.991. The van der Waals surface area contributed by atoms with E-state index >= 15 is 0 Å². The highest BCUT2D eigenvalue weighted by atomic mass is 16.5. The first kappa shape index (κ1) is 13.1. The van der Waals surface area contributed by atoms with Crippen molar-refractivity contribution >= 4 is 5.91 Å². The average Bonchev–Trinajstić information content (AvgIpc) is 2.46. The minimum atomic E-state index is 0.0165. The number of amides is 1. The highest BCUT2D eigenvalue weighted by Crippen LogP contribution is 2.07. The molecule has 0 atom stereocenters. The van der Waals surface area contributed by atoms with E-state index in [1.165, 1.54) is 0 Å². The van der Waals surface area contributed by atoms with Crippen LogP contribution in [0.3, 0.4) is 0 Å². The molecule has 1 N–H and O–H groups in total. The Morgan fingerprint density at radius 2 is 1.58 bits per heavy atom. The highest BCUT2D eigenvalue weighted by Gasteiger charge is 2.01. The number of rotatable bonds is 6. The molecule has 0 unspecified atom stereocenters. The van der Waals surface area contributed by atoms with E-state index in [9.17, 15) is 4.79 Å². The van der Waals surface area contributed by atoms with Crippen LogP contribution < -0.4 is 10.1 Å². The van der Waals surface area contributed by atoms with Gasteiger partial charge in [-0.3, -0.25) is 4.79 Å². The maximum absolute atomic E-state index is 11.7. The normalized spacial score (nSPS) is 9.89. The molecule has 2 aromatic rings. The zero-order chi connectivity index (χ0) is 13.3. The Labute approximate surface area is 113 Å². The van der Waals surface area contributed by atoms with Crippen molar-refractivity contribution in [1.29, 1.82) is 0 Å². The van der Waals surface area contributed by atoms with Crippen LogP contribution >= 0.6 is 0 Å². The number of ether oxygens (including phenoxy) is 1. The van der Waals surface area contributed by atoms with Gasteiger partial charge in [-0.05, 0) is 17.7 Å². The first-order valence-electron chi connectivity index (χ1n) is 6.33. The van der Waals surface area contributed by atoms with Crippen LogP contribution in [0.25, 0.3) is 0 Å². The summed E-state index contributed by atoms with van der Waals surface area (Å²) < 4.78 is 5.49. The lowest BCUT2D eigenvalue weighted by atomic mass is 10.1. The lowest BCUT2D eigenvalue weighted by Gasteiger charge is -2.07. The highest BCUT2D eigenvalue weighted by molar-refractivity contribution is 5.78. The van der Waals surface area contributed by atoms with Gasteiger partial charge >= 0.3 is 0 Å². The summed E-state index contributed by atoms with van der Waals surface area (Å²) in [6.07, 6.45) is 0.409. The molecule has 0 bridgehead atoms. The summed E-state index contributed by atoms with van der Waals surface area (Å²) in [6, 6.07) is 19.3. The van der Waals surface area contributed by atoms with Gasteiger partial charge in [-0.25, -0.2) is 0 Å². The van der Waals surface area contributed by atoms with Crippen molar-refractivity contribution < 1.29 is 9.53 Å². The van der Waals surface area contributed by atoms with Crippen molar-refractivity contribution in [3.05, 3.63) is 66.2 Å². The number of nitrogens with one attached hydrogen (secondary N) is 1. The minimum absolute atomic E-state index is 0.0165. The Morgan fingerprint density at radius 3 is 2.26 bits per heavy atom. The molecule has 2 rings (SSSR count). The molecule has 1 amide bonds. The Hall–Kier alpha value is -2.29. The van der Waals surface area contributed by atoms with Crippen molar-refractivity contribution in [2.24, 2.45) is 0 Å². The van der Waals surface area contributed by atoms with Crippen LogP contribution in [0.1, 0.15) is 5.56 Å². The number of carbonyl (C=O) groups is 1. The number of para-hydroxylation sites is 1. The molecule has 0 aliphatic heterocycles. The molecule has 0 aromatic heterocycles. The topological polar surface area (TPSA) is 38.3 Å². The molecule has 0 aliphatic carbocycles. The first-order chi connectivity index (χ1) is 9.34. The predicted molar refractivity (Wildman–Crippen MR) is 75.1 cm³/mol. The van der Waals surface area contributed by atoms with Gasteiger partial charge in [0.05, 0.1) is 13.0 Å². The monoisotopic (exact) mass is 255 g/mol. The number of carbonyl (C=O) groups excluding carboxylic acids is 1. The zero-order valence-electron chi connectivity index (χ0n) is 10.7. The van der Waals surface area contributed by atoms with E-state index in [1.54, 1.807) is 0 Å². The Balaban J connectivity index is 1.65. The molecule has 0 saturated heterocycles. The van der Waals surface area contributed by atoms with Gasteiger partial charge in [0.1, 0.15) is 12.4 Å². The molecule has 0 heterocycles. The fourth-order valence-corrected chi connectivity index (χ4v) is 1.72. The smallest absolute Gasteiger partial charge is 0.224 e. The Morgan fingerprint density at radius 1 is 0.947 bits per heavy atom. The number of hydrogen-bond donors (Lipinski definition) is 1. The summed E-state index contributed by atoms with van der Waals surface area (Å²) in [5.41, 5.74) is 1.02. The molecular weight excluding hydrogens is 238 g/mol. The Kier molecular flexibility index (Phi) is 4.99. The molecule has 19 heavy (non-hydrogen) atoms. The molecule has 0 spiro atoms. The molecule has 0 aliphatic rings. The van der Waals surface area contributed by atoms with Gasteiger partial charge in [0.2, 0.25) is 5.91 Å². The summed E-state index contributed by atoms with van der Waals surface area (Å²) in [5.74, 6) is 0.836. The molecule has 2 aromatic carbocycles. The van der Waals surface area contributed by atoms with Crippen molar-refractivity contribution in [2.45, 2.75) is 6.42 Å². The van der Waals surface area contributed by atoms with Gasteiger partial charge in [0, 0.05) is 0 Å². The van der Waals surface area contributed by atoms with E-state index in [0.717, 1.165) is 11.3 Å². The molecule has 3 nitrogen and oxygen atoms in total. The van der Waals surface area contributed by atoms with E-state index in [4.69, 9.17) is 4.74 Å². The lowest BCUT2D eigenvalue weighted by molar-refractivity contribution is -0.120. The van der Waals surface area contributed by atoms with Crippen LogP contribution in [-0.4, -0.2) is 19.1 Å². The molecule has 0 radical (unpaired) electrons. The predicted octanol–water partition coefficient (Wildman–Crippen LogP) is 2.42. The third-order valence-corrected chi connectivity index (χ3v) is 2.64. The molecule has 0 saturated carbocycles. The van der Waals surface area contributed by atoms with Gasteiger partial charge in [-0.1, -0.05) is 48.5 Å². The maximum atomic E-state index is 11.7. The fraction of sp³-hybridized carbons (Fsp3) is 0.188. The van der Waals surface area contributed by atoms with E-state index in [0.29, 0.717) is 19.6 Å². The largest absolute Gasteiger partial charge is 0.492 e. The molecule has 3 heteroatoms. The molecular formula is C16H17NO2. The Bertz CT molecular complexity index is 497. The SMILES string of the molecule is O=C(Cc1ccccc1)NCCOc1ccccc1. The van der Waals surface area contributed by atoms with Crippen molar-refractivity contribution in [2.75, 3.05) is 13.2 Å².